The van der Waals surface area contributed by atoms with Gasteiger partial charge in [0.1, 0.15) is 17.3 Å². The molecule has 4 heterocycles. The Labute approximate surface area is 290 Å². The van der Waals surface area contributed by atoms with Crippen molar-refractivity contribution in [3.05, 3.63) is 58.2 Å². The van der Waals surface area contributed by atoms with Crippen LogP contribution < -0.4 is 15.5 Å². The minimum absolute atomic E-state index is 0.0535. The Morgan fingerprint density at radius 3 is 2.44 bits per heavy atom. The molecule has 0 spiro atoms. The second kappa shape index (κ2) is 15.2. The van der Waals surface area contributed by atoms with E-state index in [-0.39, 0.29) is 5.91 Å². The number of nitrogens with zero attached hydrogens (tertiary/aromatic N) is 5. The van der Waals surface area contributed by atoms with Crippen LogP contribution >= 0.6 is 11.6 Å². The van der Waals surface area contributed by atoms with E-state index in [4.69, 9.17) is 21.3 Å². The van der Waals surface area contributed by atoms with Gasteiger partial charge in [0.25, 0.3) is 5.91 Å². The van der Waals surface area contributed by atoms with E-state index in [0.717, 1.165) is 94.3 Å². The van der Waals surface area contributed by atoms with E-state index in [1.807, 2.05) is 76.0 Å². The van der Waals surface area contributed by atoms with Gasteiger partial charge in [-0.15, -0.1) is 0 Å². The van der Waals surface area contributed by atoms with Gasteiger partial charge in [-0.3, -0.25) is 14.7 Å². The Bertz CT molecular complexity index is 1550. The molecule has 3 aliphatic heterocycles. The van der Waals surface area contributed by atoms with Crippen molar-refractivity contribution in [2.45, 2.75) is 90.4 Å². The van der Waals surface area contributed by atoms with Crippen LogP contribution in [-0.2, 0) is 4.74 Å². The number of amides is 2. The van der Waals surface area contributed by atoms with E-state index in [1.54, 1.807) is 0 Å². The fourth-order valence-corrected chi connectivity index (χ4v) is 6.90. The highest BCUT2D eigenvalue weighted by molar-refractivity contribution is 6.33. The molecular weight excluding hydrogens is 626 g/mol. The first kappa shape index (κ1) is 35.5. The third-order valence-corrected chi connectivity index (χ3v) is 9.18. The largest absolute Gasteiger partial charge is 0.444 e. The molecule has 2 saturated heterocycles. The predicted molar refractivity (Wildman–Crippen MR) is 192 cm³/mol. The lowest BCUT2D eigenvalue weighted by atomic mass is 9.96. The van der Waals surface area contributed by atoms with Crippen molar-refractivity contribution in [3.63, 3.8) is 0 Å². The van der Waals surface area contributed by atoms with Crippen LogP contribution in [0.15, 0.2) is 41.5 Å². The van der Waals surface area contributed by atoms with Crippen molar-refractivity contribution >= 4 is 35.3 Å². The first-order chi connectivity index (χ1) is 22.8. The summed E-state index contributed by atoms with van der Waals surface area (Å²) in [7, 11) is 0. The number of benzene rings is 1. The van der Waals surface area contributed by atoms with Gasteiger partial charge in [0.15, 0.2) is 0 Å². The monoisotopic (exact) mass is 675 g/mol. The highest BCUT2D eigenvalue weighted by Crippen LogP contribution is 2.30. The number of halogens is 1. The van der Waals surface area contributed by atoms with E-state index in [2.05, 4.69) is 44.2 Å². The van der Waals surface area contributed by atoms with E-state index in [9.17, 15) is 9.59 Å². The van der Waals surface area contributed by atoms with Crippen molar-refractivity contribution in [2.24, 2.45) is 4.99 Å². The maximum absolute atomic E-state index is 13.4. The summed E-state index contributed by atoms with van der Waals surface area (Å²) in [4.78, 5) is 41.9. The number of amidine groups is 1. The zero-order valence-electron chi connectivity index (χ0n) is 29.2. The first-order valence-corrected chi connectivity index (χ1v) is 17.6. The molecule has 11 heteroatoms. The third kappa shape index (κ3) is 9.20. The van der Waals surface area contributed by atoms with E-state index >= 15 is 0 Å². The highest BCUT2D eigenvalue weighted by atomic mass is 35.5. The topological polar surface area (TPSA) is 102 Å². The van der Waals surface area contributed by atoms with E-state index < -0.39 is 17.2 Å². The second-order valence-corrected chi connectivity index (χ2v) is 14.8. The molecule has 0 aliphatic carbocycles. The normalized spacial score (nSPS) is 19.2. The van der Waals surface area contributed by atoms with Gasteiger partial charge in [0.2, 0.25) is 0 Å². The number of pyridine rings is 1. The Morgan fingerprint density at radius 2 is 1.81 bits per heavy atom. The van der Waals surface area contributed by atoms with Gasteiger partial charge in [-0.2, -0.15) is 0 Å². The molecule has 10 nitrogen and oxygen atoms in total. The Morgan fingerprint density at radius 1 is 1.08 bits per heavy atom. The molecular formula is C37H50ClN7O3. The van der Waals surface area contributed by atoms with Gasteiger partial charge in [0.05, 0.1) is 17.1 Å². The molecule has 0 bridgehead atoms. The minimum Gasteiger partial charge on any atom is -0.444 e. The van der Waals surface area contributed by atoms with Gasteiger partial charge in [-0.05, 0) is 84.2 Å². The maximum Gasteiger partial charge on any atom is 0.408 e. The number of rotatable bonds is 7. The number of ether oxygens (including phenoxy) is 1. The van der Waals surface area contributed by atoms with Gasteiger partial charge in [-0.1, -0.05) is 36.8 Å². The lowest BCUT2D eigenvalue weighted by Crippen LogP contribution is -2.59. The SMILES string of the molecule is CCC[C@H]1CN(c2ncc(C3=NCCN3)cc2Cl)CCN1C1CCN(C(=O)c2ccc(C#CC(C)(C)NC(=O)OC(C)(C)C)cc2)CC1. The zero-order valence-corrected chi connectivity index (χ0v) is 30.0. The number of anilines is 1. The molecule has 0 unspecified atom stereocenters. The summed E-state index contributed by atoms with van der Waals surface area (Å²) in [6.07, 6.45) is 5.49. The van der Waals surface area contributed by atoms with E-state index in [0.29, 0.717) is 22.7 Å². The highest BCUT2D eigenvalue weighted by Gasteiger charge is 2.35. The Kier molecular flexibility index (Phi) is 11.2. The average molecular weight is 676 g/mol. The van der Waals surface area contributed by atoms with Gasteiger partial charge >= 0.3 is 6.09 Å². The molecule has 0 saturated carbocycles. The number of aromatic nitrogens is 1. The number of piperazine rings is 1. The number of likely N-dealkylation sites (tertiary alicyclic amines) is 1. The van der Waals surface area contributed by atoms with Crippen LogP contribution in [0.1, 0.15) is 88.7 Å². The van der Waals surface area contributed by atoms with Crippen molar-refractivity contribution in [1.29, 1.82) is 0 Å². The van der Waals surface area contributed by atoms with Crippen LogP contribution in [0.3, 0.4) is 0 Å². The molecule has 2 aromatic rings. The van der Waals surface area contributed by atoms with Gasteiger partial charge in [0, 0.05) is 74.2 Å². The molecule has 2 N–H and O–H groups in total. The number of alkyl carbamates (subject to hydrolysis) is 1. The fraction of sp³-hybridized carbons (Fsp3) is 0.568. The molecule has 5 rings (SSSR count). The minimum atomic E-state index is -0.776. The lowest BCUT2D eigenvalue weighted by Gasteiger charge is -2.48. The average Bonchev–Trinajstić information content (AvgIpc) is 3.58. The number of piperidine rings is 1. The van der Waals surface area contributed by atoms with Crippen LogP contribution in [0, 0.1) is 11.8 Å². The Hall–Kier alpha value is -3.81. The van der Waals surface area contributed by atoms with Gasteiger partial charge < -0.3 is 25.2 Å². The number of aliphatic imine (C=N–C) groups is 1. The quantitative estimate of drug-likeness (QED) is 0.383. The standard InChI is InChI=1S/C37H50ClN7O3/c1-7-8-30-25-44(33-31(38)23-28(24-41-33)32-39-17-18-40-32)21-22-45(30)29-14-19-43(20-15-29)34(46)27-11-9-26(10-12-27)13-16-37(5,6)42-35(47)48-36(2,3)4/h9-12,23-24,29-30H,7-8,14-15,17-22,25H2,1-6H3,(H,39,40)(H,42,47)/t30-/m0/s1. The Balaban J connectivity index is 1.14. The fourth-order valence-electron chi connectivity index (χ4n) is 6.61. The summed E-state index contributed by atoms with van der Waals surface area (Å²) in [5, 5.41) is 6.76. The molecule has 0 radical (unpaired) electrons. The molecule has 258 valence electrons. The van der Waals surface area contributed by atoms with Crippen molar-refractivity contribution in [1.82, 2.24) is 25.4 Å². The van der Waals surface area contributed by atoms with Crippen molar-refractivity contribution in [3.8, 4) is 11.8 Å². The summed E-state index contributed by atoms with van der Waals surface area (Å²) in [6, 6.07) is 10.2. The van der Waals surface area contributed by atoms with Crippen LogP contribution in [-0.4, -0.2) is 102 Å². The first-order valence-electron chi connectivity index (χ1n) is 17.2. The summed E-state index contributed by atoms with van der Waals surface area (Å²) >= 11 is 6.76. The number of nitrogens with one attached hydrogen (secondary N) is 2. The summed E-state index contributed by atoms with van der Waals surface area (Å²) in [5.41, 5.74) is 1.02. The summed E-state index contributed by atoms with van der Waals surface area (Å²) in [5.74, 6) is 7.98. The summed E-state index contributed by atoms with van der Waals surface area (Å²) in [6.45, 7) is 17.2. The number of hydrogen-bond acceptors (Lipinski definition) is 8. The molecule has 1 aromatic carbocycles. The van der Waals surface area contributed by atoms with Crippen molar-refractivity contribution in [2.75, 3.05) is 50.7 Å². The summed E-state index contributed by atoms with van der Waals surface area (Å²) < 4.78 is 5.35. The number of carbonyl (C=O) groups is 2. The molecule has 3 aliphatic rings. The molecule has 1 aromatic heterocycles. The number of hydrogen-bond donors (Lipinski definition) is 2. The van der Waals surface area contributed by atoms with Crippen LogP contribution in [0.4, 0.5) is 10.6 Å². The third-order valence-electron chi connectivity index (χ3n) is 8.90. The predicted octanol–water partition coefficient (Wildman–Crippen LogP) is 5.34. The smallest absolute Gasteiger partial charge is 0.408 e. The van der Waals surface area contributed by atoms with E-state index in [1.165, 1.54) is 0 Å². The number of carbonyl (C=O) groups excluding carboxylic acids is 2. The van der Waals surface area contributed by atoms with Crippen molar-refractivity contribution < 1.29 is 14.3 Å². The lowest BCUT2D eigenvalue weighted by molar-refractivity contribution is 0.0477. The van der Waals surface area contributed by atoms with Crippen LogP contribution in [0.25, 0.3) is 0 Å². The molecule has 2 amide bonds. The van der Waals surface area contributed by atoms with Crippen LogP contribution in [0.2, 0.25) is 5.02 Å². The second-order valence-electron chi connectivity index (χ2n) is 14.4. The molecule has 48 heavy (non-hydrogen) atoms. The zero-order chi connectivity index (χ0) is 34.5. The van der Waals surface area contributed by atoms with Gasteiger partial charge in [-0.25, -0.2) is 9.78 Å². The maximum atomic E-state index is 13.4. The molecule has 2 fully saturated rings. The molecule has 1 atom stereocenters. The van der Waals surface area contributed by atoms with Crippen LogP contribution in [0.5, 0.6) is 0 Å².